The highest BCUT2D eigenvalue weighted by atomic mass is 35.5. The number of ether oxygens (including phenoxy) is 1. The molecule has 1 heterocycles. The highest BCUT2D eigenvalue weighted by Crippen LogP contribution is 2.26. The van der Waals surface area contributed by atoms with Crippen LogP contribution in [0, 0.1) is 0 Å². The molecule has 1 amide bonds. The Kier molecular flexibility index (Phi) is 5.49. The van der Waals surface area contributed by atoms with Crippen LogP contribution >= 0.6 is 23.2 Å². The monoisotopic (exact) mass is 330 g/mol. The predicted octanol–water partition coefficient (Wildman–Crippen LogP) is 3.43. The molecule has 1 fully saturated rings. The number of halogens is 2. The van der Waals surface area contributed by atoms with Crippen LogP contribution in [0.25, 0.3) is 0 Å². The summed E-state index contributed by atoms with van der Waals surface area (Å²) < 4.78 is 5.69. The van der Waals surface area contributed by atoms with Crippen LogP contribution in [0.1, 0.15) is 20.8 Å². The maximum atomic E-state index is 12.4. The summed E-state index contributed by atoms with van der Waals surface area (Å²) in [6, 6.07) is 4.75. The molecule has 0 radical (unpaired) electrons. The topological polar surface area (TPSA) is 41.6 Å². The maximum Gasteiger partial charge on any atom is 0.241 e. The van der Waals surface area contributed by atoms with Crippen molar-refractivity contribution in [1.29, 1.82) is 0 Å². The fourth-order valence-electron chi connectivity index (χ4n) is 2.53. The summed E-state index contributed by atoms with van der Waals surface area (Å²) in [4.78, 5) is 14.5. The first-order valence-corrected chi connectivity index (χ1v) is 7.78. The lowest BCUT2D eigenvalue weighted by molar-refractivity contribution is -0.126. The second-order valence-corrected chi connectivity index (χ2v) is 6.34. The van der Waals surface area contributed by atoms with E-state index in [-0.39, 0.29) is 24.2 Å². The quantitative estimate of drug-likeness (QED) is 0.923. The van der Waals surface area contributed by atoms with Gasteiger partial charge in [0.1, 0.15) is 0 Å². The first kappa shape index (κ1) is 16.6. The average molecular weight is 331 g/mol. The molecule has 0 aromatic heterocycles. The van der Waals surface area contributed by atoms with Gasteiger partial charge in [0.15, 0.2) is 0 Å². The Hall–Kier alpha value is -0.810. The van der Waals surface area contributed by atoms with E-state index in [1.54, 1.807) is 18.2 Å². The van der Waals surface area contributed by atoms with E-state index in [9.17, 15) is 4.79 Å². The van der Waals surface area contributed by atoms with Gasteiger partial charge in [-0.1, -0.05) is 23.2 Å². The summed E-state index contributed by atoms with van der Waals surface area (Å²) in [5, 5.41) is 3.85. The maximum absolute atomic E-state index is 12.4. The van der Waals surface area contributed by atoms with Gasteiger partial charge in [0, 0.05) is 18.1 Å². The van der Waals surface area contributed by atoms with Crippen LogP contribution in [0.4, 0.5) is 5.69 Å². The normalized spacial score (nSPS) is 24.6. The minimum absolute atomic E-state index is 0.0968. The summed E-state index contributed by atoms with van der Waals surface area (Å²) in [7, 11) is 0. The van der Waals surface area contributed by atoms with E-state index in [0.717, 1.165) is 13.1 Å². The predicted molar refractivity (Wildman–Crippen MR) is 86.1 cm³/mol. The number of anilines is 1. The lowest BCUT2D eigenvalue weighted by Crippen LogP contribution is -2.52. The first-order valence-electron chi connectivity index (χ1n) is 7.02. The number of hydrogen-bond donors (Lipinski definition) is 1. The van der Waals surface area contributed by atoms with E-state index in [1.807, 2.05) is 20.8 Å². The van der Waals surface area contributed by atoms with Gasteiger partial charge in [-0.15, -0.1) is 0 Å². The number of amides is 1. The number of carbonyl (C=O) groups is 1. The summed E-state index contributed by atoms with van der Waals surface area (Å²) in [5.41, 5.74) is 0.537. The van der Waals surface area contributed by atoms with Crippen molar-refractivity contribution in [3.05, 3.63) is 28.2 Å². The molecule has 6 heteroatoms. The van der Waals surface area contributed by atoms with E-state index in [1.165, 1.54) is 0 Å². The molecule has 1 N–H and O–H groups in total. The fraction of sp³-hybridized carbons (Fsp3) is 0.533. The zero-order valence-corrected chi connectivity index (χ0v) is 13.9. The molecular weight excluding hydrogens is 311 g/mol. The summed E-state index contributed by atoms with van der Waals surface area (Å²) >= 11 is 12.0. The molecule has 1 aliphatic rings. The molecule has 0 unspecified atom stereocenters. The van der Waals surface area contributed by atoms with Crippen LogP contribution in [0.3, 0.4) is 0 Å². The molecule has 1 aromatic rings. The van der Waals surface area contributed by atoms with E-state index < -0.39 is 0 Å². The van der Waals surface area contributed by atoms with E-state index in [2.05, 4.69) is 10.2 Å². The molecule has 21 heavy (non-hydrogen) atoms. The SMILES string of the molecule is C[C@@H]1CN([C@@H](C)C(=O)Nc2cc(Cl)ccc2Cl)C[C@H](C)O1. The molecular formula is C15H20Cl2N2O2. The highest BCUT2D eigenvalue weighted by molar-refractivity contribution is 6.35. The van der Waals surface area contributed by atoms with Gasteiger partial charge in [-0.3, -0.25) is 9.69 Å². The van der Waals surface area contributed by atoms with Crippen molar-refractivity contribution in [2.24, 2.45) is 0 Å². The number of carbonyl (C=O) groups excluding carboxylic acids is 1. The molecule has 116 valence electrons. The Balaban J connectivity index is 2.04. The van der Waals surface area contributed by atoms with Crippen molar-refractivity contribution in [3.63, 3.8) is 0 Å². The van der Waals surface area contributed by atoms with Gasteiger partial charge in [0.25, 0.3) is 0 Å². The van der Waals surface area contributed by atoms with Crippen LogP contribution in [0.2, 0.25) is 10.0 Å². The largest absolute Gasteiger partial charge is 0.373 e. The van der Waals surface area contributed by atoms with E-state index in [4.69, 9.17) is 27.9 Å². The minimum Gasteiger partial charge on any atom is -0.373 e. The van der Waals surface area contributed by atoms with Crippen molar-refractivity contribution in [2.45, 2.75) is 39.0 Å². The number of rotatable bonds is 3. The fourth-order valence-corrected chi connectivity index (χ4v) is 2.87. The molecule has 4 nitrogen and oxygen atoms in total. The molecule has 0 spiro atoms. The molecule has 2 rings (SSSR count). The third kappa shape index (κ3) is 4.33. The summed E-state index contributed by atoms with van der Waals surface area (Å²) in [6.07, 6.45) is 0.248. The van der Waals surface area contributed by atoms with Crippen molar-refractivity contribution in [2.75, 3.05) is 18.4 Å². The van der Waals surface area contributed by atoms with Gasteiger partial charge in [-0.25, -0.2) is 0 Å². The van der Waals surface area contributed by atoms with Gasteiger partial charge in [-0.05, 0) is 39.0 Å². The Morgan fingerprint density at radius 1 is 1.33 bits per heavy atom. The van der Waals surface area contributed by atoms with Crippen molar-refractivity contribution in [1.82, 2.24) is 4.90 Å². The number of nitrogens with one attached hydrogen (secondary N) is 1. The molecule has 0 bridgehead atoms. The third-order valence-corrected chi connectivity index (χ3v) is 4.13. The lowest BCUT2D eigenvalue weighted by Gasteiger charge is -2.38. The van der Waals surface area contributed by atoms with Crippen LogP contribution in [-0.2, 0) is 9.53 Å². The standard InChI is InChI=1S/C15H20Cl2N2O2/c1-9-7-19(8-10(2)21-9)11(3)15(20)18-14-6-12(16)4-5-13(14)17/h4-6,9-11H,7-8H2,1-3H3,(H,18,20)/t9-,10+,11-/m0/s1. The third-order valence-electron chi connectivity index (χ3n) is 3.56. The molecule has 0 aliphatic carbocycles. The number of nitrogens with zero attached hydrogens (tertiary/aromatic N) is 1. The zero-order chi connectivity index (χ0) is 15.6. The van der Waals surface area contributed by atoms with Gasteiger partial charge >= 0.3 is 0 Å². The number of hydrogen-bond acceptors (Lipinski definition) is 3. The Morgan fingerprint density at radius 2 is 1.95 bits per heavy atom. The Morgan fingerprint density at radius 3 is 2.57 bits per heavy atom. The van der Waals surface area contributed by atoms with Crippen molar-refractivity contribution in [3.8, 4) is 0 Å². The van der Waals surface area contributed by atoms with Gasteiger partial charge in [0.05, 0.1) is 29.0 Å². The lowest BCUT2D eigenvalue weighted by atomic mass is 10.1. The summed E-state index contributed by atoms with van der Waals surface area (Å²) in [5.74, 6) is -0.0968. The minimum atomic E-state index is -0.256. The molecule has 1 aromatic carbocycles. The highest BCUT2D eigenvalue weighted by Gasteiger charge is 2.29. The van der Waals surface area contributed by atoms with Crippen LogP contribution in [0.5, 0.6) is 0 Å². The van der Waals surface area contributed by atoms with Crippen LogP contribution in [0.15, 0.2) is 18.2 Å². The van der Waals surface area contributed by atoms with Gasteiger partial charge in [-0.2, -0.15) is 0 Å². The second kappa shape index (κ2) is 6.97. The van der Waals surface area contributed by atoms with E-state index >= 15 is 0 Å². The van der Waals surface area contributed by atoms with Crippen molar-refractivity contribution >= 4 is 34.8 Å². The van der Waals surface area contributed by atoms with Crippen LogP contribution < -0.4 is 5.32 Å². The second-order valence-electron chi connectivity index (χ2n) is 5.50. The molecule has 1 aliphatic heterocycles. The smallest absolute Gasteiger partial charge is 0.241 e. The van der Waals surface area contributed by atoms with Gasteiger partial charge in [0.2, 0.25) is 5.91 Å². The molecule has 1 saturated heterocycles. The summed E-state index contributed by atoms with van der Waals surface area (Å²) in [6.45, 7) is 7.39. The zero-order valence-electron chi connectivity index (χ0n) is 12.4. The number of benzene rings is 1. The molecule has 3 atom stereocenters. The number of morpholine rings is 1. The Bertz CT molecular complexity index is 514. The first-order chi connectivity index (χ1) is 9.86. The van der Waals surface area contributed by atoms with Crippen LogP contribution in [-0.4, -0.2) is 42.1 Å². The molecule has 0 saturated carbocycles. The average Bonchev–Trinajstić information content (AvgIpc) is 2.41. The van der Waals surface area contributed by atoms with Crippen molar-refractivity contribution < 1.29 is 9.53 Å². The Labute approximate surface area is 135 Å². The van der Waals surface area contributed by atoms with E-state index in [0.29, 0.717) is 15.7 Å². The van der Waals surface area contributed by atoms with Gasteiger partial charge < -0.3 is 10.1 Å².